The van der Waals surface area contributed by atoms with Gasteiger partial charge in [0.05, 0.1) is 5.54 Å². The van der Waals surface area contributed by atoms with Crippen LogP contribution in [0.5, 0.6) is 0 Å². The number of hydrogen-bond donors (Lipinski definition) is 1. The van der Waals surface area contributed by atoms with Crippen LogP contribution in [-0.2, 0) is 5.54 Å². The Morgan fingerprint density at radius 2 is 2.24 bits per heavy atom. The SMILES string of the molecule is CNC1(c2nccs2)CCCC(C(C)C)CC1. The monoisotopic (exact) mass is 252 g/mol. The largest absolute Gasteiger partial charge is 0.308 e. The van der Waals surface area contributed by atoms with Crippen molar-refractivity contribution in [2.45, 2.75) is 51.5 Å². The second kappa shape index (κ2) is 5.49. The van der Waals surface area contributed by atoms with E-state index in [1.165, 1.54) is 37.1 Å². The zero-order valence-electron chi connectivity index (χ0n) is 11.2. The van der Waals surface area contributed by atoms with Gasteiger partial charge in [-0.15, -0.1) is 11.3 Å². The molecule has 96 valence electrons. The average Bonchev–Trinajstić information content (AvgIpc) is 2.76. The van der Waals surface area contributed by atoms with Crippen molar-refractivity contribution in [3.05, 3.63) is 16.6 Å². The van der Waals surface area contributed by atoms with Crippen molar-refractivity contribution in [2.75, 3.05) is 7.05 Å². The number of nitrogens with zero attached hydrogens (tertiary/aromatic N) is 1. The first-order valence-corrected chi connectivity index (χ1v) is 7.65. The van der Waals surface area contributed by atoms with E-state index in [1.807, 2.05) is 6.20 Å². The minimum absolute atomic E-state index is 0.151. The van der Waals surface area contributed by atoms with E-state index in [1.54, 1.807) is 11.3 Å². The molecule has 1 aromatic rings. The highest BCUT2D eigenvalue weighted by atomic mass is 32.1. The van der Waals surface area contributed by atoms with E-state index in [-0.39, 0.29) is 5.54 Å². The van der Waals surface area contributed by atoms with E-state index in [4.69, 9.17) is 0 Å². The summed E-state index contributed by atoms with van der Waals surface area (Å²) in [6, 6.07) is 0. The van der Waals surface area contributed by atoms with Gasteiger partial charge in [0.15, 0.2) is 0 Å². The fourth-order valence-corrected chi connectivity index (χ4v) is 3.97. The predicted octanol–water partition coefficient (Wildman–Crippen LogP) is 3.79. The van der Waals surface area contributed by atoms with Crippen LogP contribution in [0.3, 0.4) is 0 Å². The summed E-state index contributed by atoms with van der Waals surface area (Å²) in [6.45, 7) is 4.72. The van der Waals surface area contributed by atoms with Crippen molar-refractivity contribution in [1.82, 2.24) is 10.3 Å². The molecule has 2 unspecified atom stereocenters. The normalized spacial score (nSPS) is 30.5. The number of hydrogen-bond acceptors (Lipinski definition) is 3. The van der Waals surface area contributed by atoms with Gasteiger partial charge in [-0.05, 0) is 38.1 Å². The molecule has 0 amide bonds. The van der Waals surface area contributed by atoms with Crippen LogP contribution in [0, 0.1) is 11.8 Å². The summed E-state index contributed by atoms with van der Waals surface area (Å²) < 4.78 is 0. The molecule has 1 aliphatic carbocycles. The van der Waals surface area contributed by atoms with Crippen LogP contribution in [0.4, 0.5) is 0 Å². The lowest BCUT2D eigenvalue weighted by molar-refractivity contribution is 0.292. The lowest BCUT2D eigenvalue weighted by atomic mass is 9.87. The van der Waals surface area contributed by atoms with E-state index < -0.39 is 0 Å². The van der Waals surface area contributed by atoms with Crippen LogP contribution in [0.25, 0.3) is 0 Å². The molecule has 2 rings (SSSR count). The van der Waals surface area contributed by atoms with Gasteiger partial charge in [0.25, 0.3) is 0 Å². The lowest BCUT2D eigenvalue weighted by Crippen LogP contribution is -2.39. The maximum Gasteiger partial charge on any atom is 0.113 e. The Morgan fingerprint density at radius 1 is 1.41 bits per heavy atom. The fraction of sp³-hybridized carbons (Fsp3) is 0.786. The number of thiazole rings is 1. The van der Waals surface area contributed by atoms with Gasteiger partial charge < -0.3 is 5.32 Å². The number of rotatable bonds is 3. The third-order valence-corrected chi connectivity index (χ3v) is 5.36. The summed E-state index contributed by atoms with van der Waals surface area (Å²) in [5.74, 6) is 1.71. The van der Waals surface area contributed by atoms with Crippen LogP contribution < -0.4 is 5.32 Å². The van der Waals surface area contributed by atoms with Gasteiger partial charge >= 0.3 is 0 Å². The highest BCUT2D eigenvalue weighted by Crippen LogP contribution is 2.40. The molecule has 1 fully saturated rings. The Labute approximate surface area is 109 Å². The minimum atomic E-state index is 0.151. The molecule has 0 aliphatic heterocycles. The standard InChI is InChI=1S/C14H24N2S/c1-11(2)12-5-4-7-14(15-3,8-6-12)13-16-9-10-17-13/h9-12,15H,4-8H2,1-3H3. The minimum Gasteiger partial charge on any atom is -0.308 e. The van der Waals surface area contributed by atoms with Crippen molar-refractivity contribution >= 4 is 11.3 Å². The molecule has 1 aromatic heterocycles. The quantitative estimate of drug-likeness (QED) is 0.828. The van der Waals surface area contributed by atoms with Gasteiger partial charge in [-0.3, -0.25) is 0 Å². The van der Waals surface area contributed by atoms with Crippen LogP contribution in [0.1, 0.15) is 51.0 Å². The van der Waals surface area contributed by atoms with E-state index in [2.05, 4.69) is 36.6 Å². The highest BCUT2D eigenvalue weighted by molar-refractivity contribution is 7.09. The van der Waals surface area contributed by atoms with Gasteiger partial charge in [0.1, 0.15) is 5.01 Å². The van der Waals surface area contributed by atoms with Gasteiger partial charge in [-0.25, -0.2) is 4.98 Å². The smallest absolute Gasteiger partial charge is 0.113 e. The summed E-state index contributed by atoms with van der Waals surface area (Å²) in [6.07, 6.45) is 8.44. The van der Waals surface area contributed by atoms with Crippen molar-refractivity contribution in [1.29, 1.82) is 0 Å². The Kier molecular flexibility index (Phi) is 4.21. The van der Waals surface area contributed by atoms with E-state index in [9.17, 15) is 0 Å². The van der Waals surface area contributed by atoms with Crippen molar-refractivity contribution in [3.8, 4) is 0 Å². The predicted molar refractivity (Wildman–Crippen MR) is 74.3 cm³/mol. The molecule has 2 atom stereocenters. The Balaban J connectivity index is 2.14. The van der Waals surface area contributed by atoms with Gasteiger partial charge in [-0.2, -0.15) is 0 Å². The average molecular weight is 252 g/mol. The molecule has 17 heavy (non-hydrogen) atoms. The van der Waals surface area contributed by atoms with E-state index >= 15 is 0 Å². The first-order chi connectivity index (χ1) is 8.18. The summed E-state index contributed by atoms with van der Waals surface area (Å²) >= 11 is 1.80. The van der Waals surface area contributed by atoms with Crippen molar-refractivity contribution < 1.29 is 0 Å². The molecular formula is C14H24N2S. The summed E-state index contributed by atoms with van der Waals surface area (Å²) in [5.41, 5.74) is 0.151. The van der Waals surface area contributed by atoms with Crippen LogP contribution >= 0.6 is 11.3 Å². The second-order valence-corrected chi connectivity index (χ2v) is 6.50. The Hall–Kier alpha value is -0.410. The Bertz CT molecular complexity index is 334. The van der Waals surface area contributed by atoms with Gasteiger partial charge in [0.2, 0.25) is 0 Å². The molecule has 1 saturated carbocycles. The molecule has 1 aliphatic rings. The van der Waals surface area contributed by atoms with Crippen molar-refractivity contribution in [3.63, 3.8) is 0 Å². The van der Waals surface area contributed by atoms with Crippen LogP contribution in [0.2, 0.25) is 0 Å². The third-order valence-electron chi connectivity index (χ3n) is 4.38. The van der Waals surface area contributed by atoms with Gasteiger partial charge in [-0.1, -0.05) is 26.7 Å². The molecule has 0 radical (unpaired) electrons. The zero-order valence-corrected chi connectivity index (χ0v) is 12.0. The molecule has 0 aromatic carbocycles. The summed E-state index contributed by atoms with van der Waals surface area (Å²) in [4.78, 5) is 4.55. The summed E-state index contributed by atoms with van der Waals surface area (Å²) in [7, 11) is 2.09. The van der Waals surface area contributed by atoms with Gasteiger partial charge in [0, 0.05) is 11.6 Å². The molecule has 1 N–H and O–H groups in total. The maximum atomic E-state index is 4.55. The first kappa shape index (κ1) is 13.0. The number of aromatic nitrogens is 1. The molecule has 0 saturated heterocycles. The zero-order chi connectivity index (χ0) is 12.3. The van der Waals surface area contributed by atoms with Crippen LogP contribution in [0.15, 0.2) is 11.6 Å². The molecular weight excluding hydrogens is 228 g/mol. The highest BCUT2D eigenvalue weighted by Gasteiger charge is 2.35. The first-order valence-electron chi connectivity index (χ1n) is 6.77. The summed E-state index contributed by atoms with van der Waals surface area (Å²) in [5, 5.41) is 6.95. The molecule has 0 spiro atoms. The molecule has 2 nitrogen and oxygen atoms in total. The lowest BCUT2D eigenvalue weighted by Gasteiger charge is -2.30. The Morgan fingerprint density at radius 3 is 2.82 bits per heavy atom. The third kappa shape index (κ3) is 2.71. The maximum absolute atomic E-state index is 4.55. The topological polar surface area (TPSA) is 24.9 Å². The van der Waals surface area contributed by atoms with E-state index in [0.717, 1.165) is 11.8 Å². The molecule has 1 heterocycles. The second-order valence-electron chi connectivity index (χ2n) is 5.60. The van der Waals surface area contributed by atoms with Crippen LogP contribution in [-0.4, -0.2) is 12.0 Å². The fourth-order valence-electron chi connectivity index (χ4n) is 3.06. The van der Waals surface area contributed by atoms with E-state index in [0.29, 0.717) is 0 Å². The van der Waals surface area contributed by atoms with Crippen molar-refractivity contribution in [2.24, 2.45) is 11.8 Å². The molecule has 3 heteroatoms. The number of nitrogens with one attached hydrogen (secondary N) is 1. The molecule has 0 bridgehead atoms.